The fourth-order valence-corrected chi connectivity index (χ4v) is 5.13. The van der Waals surface area contributed by atoms with Crippen molar-refractivity contribution in [2.45, 2.75) is 13.1 Å². The highest BCUT2D eigenvalue weighted by atomic mass is 15.2. The molecule has 0 fully saturated rings. The molecule has 0 aliphatic carbocycles. The number of hydrogen-bond acceptors (Lipinski definition) is 4. The second-order valence-corrected chi connectivity index (χ2v) is 9.87. The topological polar surface area (TPSA) is 49.6 Å². The third-order valence-electron chi connectivity index (χ3n) is 7.15. The Morgan fingerprint density at radius 2 is 1.13 bits per heavy atom. The highest BCUT2D eigenvalue weighted by Crippen LogP contribution is 2.29. The Morgan fingerprint density at radius 3 is 1.87 bits per heavy atom. The molecule has 1 aromatic heterocycles. The highest BCUT2D eigenvalue weighted by molar-refractivity contribution is 6.16. The lowest BCUT2D eigenvalue weighted by atomic mass is 10.0. The summed E-state index contributed by atoms with van der Waals surface area (Å²) in [5.74, 6) is 1.60. The molecule has 186 valence electrons. The van der Waals surface area contributed by atoms with Gasteiger partial charge in [0.05, 0.1) is 5.69 Å². The van der Waals surface area contributed by atoms with Gasteiger partial charge in [-0.05, 0) is 64.4 Å². The van der Waals surface area contributed by atoms with Crippen LogP contribution >= 0.6 is 0 Å². The van der Waals surface area contributed by atoms with Crippen LogP contribution in [0, 0.1) is 6.92 Å². The number of aromatic nitrogens is 1. The maximum Gasteiger partial charge on any atom is 0.169 e. The van der Waals surface area contributed by atoms with Crippen molar-refractivity contribution in [3.8, 4) is 11.3 Å². The molecule has 6 aromatic rings. The zero-order valence-corrected chi connectivity index (χ0v) is 21.5. The summed E-state index contributed by atoms with van der Waals surface area (Å²) in [5.41, 5.74) is 6.08. The van der Waals surface area contributed by atoms with Crippen LogP contribution in [0.15, 0.2) is 137 Å². The third kappa shape index (κ3) is 4.57. The van der Waals surface area contributed by atoms with Crippen molar-refractivity contribution in [1.82, 2.24) is 10.3 Å². The van der Waals surface area contributed by atoms with Crippen LogP contribution < -0.4 is 5.32 Å². The van der Waals surface area contributed by atoms with Gasteiger partial charge in [0, 0.05) is 22.4 Å². The second kappa shape index (κ2) is 9.66. The van der Waals surface area contributed by atoms with E-state index in [1.807, 2.05) is 25.1 Å². The number of nitrogens with one attached hydrogen (secondary N) is 1. The van der Waals surface area contributed by atoms with E-state index in [0.29, 0.717) is 0 Å². The fraction of sp³-hybridized carbons (Fsp3) is 0.0571. The van der Waals surface area contributed by atoms with Crippen LogP contribution in [-0.4, -0.2) is 16.7 Å². The molecule has 4 nitrogen and oxygen atoms in total. The van der Waals surface area contributed by atoms with E-state index < -0.39 is 0 Å². The number of hydrogen-bond donors (Lipinski definition) is 1. The molecule has 39 heavy (non-hydrogen) atoms. The average molecular weight is 503 g/mol. The Kier molecular flexibility index (Phi) is 5.71. The first kappa shape index (κ1) is 23.1. The van der Waals surface area contributed by atoms with Crippen LogP contribution in [0.2, 0.25) is 0 Å². The van der Waals surface area contributed by atoms with Crippen LogP contribution in [0.4, 0.5) is 0 Å². The minimum Gasteiger partial charge on any atom is -0.324 e. The molecule has 4 heteroatoms. The predicted molar refractivity (Wildman–Crippen MR) is 161 cm³/mol. The number of rotatable bonds is 4. The first-order valence-corrected chi connectivity index (χ1v) is 13.1. The molecule has 1 atom stereocenters. The molecule has 0 saturated heterocycles. The Balaban J connectivity index is 1.34. The smallest absolute Gasteiger partial charge is 0.169 e. The summed E-state index contributed by atoms with van der Waals surface area (Å²) >= 11 is 0. The van der Waals surface area contributed by atoms with E-state index in [1.165, 1.54) is 21.5 Å². The van der Waals surface area contributed by atoms with Crippen molar-refractivity contribution in [3.63, 3.8) is 0 Å². The minimum atomic E-state index is -0.368. The van der Waals surface area contributed by atoms with Crippen molar-refractivity contribution >= 4 is 33.2 Å². The van der Waals surface area contributed by atoms with Gasteiger partial charge in [-0.25, -0.2) is 9.98 Å². The lowest BCUT2D eigenvalue weighted by molar-refractivity contribution is 0.757. The van der Waals surface area contributed by atoms with Crippen molar-refractivity contribution < 1.29 is 0 Å². The van der Waals surface area contributed by atoms with Crippen LogP contribution in [0.1, 0.15) is 28.6 Å². The molecule has 0 saturated carbocycles. The molecule has 5 aromatic carbocycles. The monoisotopic (exact) mass is 502 g/mol. The predicted octanol–water partition coefficient (Wildman–Crippen LogP) is 7.86. The number of aryl methyl sites for hydroxylation is 1. The average Bonchev–Trinajstić information content (AvgIpc) is 3.00. The van der Waals surface area contributed by atoms with E-state index >= 15 is 0 Å². The molecule has 2 heterocycles. The number of amidine groups is 2. The molecule has 1 unspecified atom stereocenters. The Hall–Kier alpha value is -5.09. The molecule has 1 aliphatic rings. The largest absolute Gasteiger partial charge is 0.324 e. The molecule has 1 N–H and O–H groups in total. The molecule has 0 radical (unpaired) electrons. The van der Waals surface area contributed by atoms with Crippen LogP contribution in [-0.2, 0) is 0 Å². The quantitative estimate of drug-likeness (QED) is 0.267. The molecule has 7 rings (SSSR count). The summed E-state index contributed by atoms with van der Waals surface area (Å²) in [4.78, 5) is 15.0. The maximum atomic E-state index is 5.12. The standard InChI is InChI=1S/C35H26N4/c1-23-8-6-15-32(36-23)28-13-7-14-29(22-28)33-37-34(30-18-16-24-9-2-4-11-26(24)20-30)39-35(38-33)31-19-17-25-10-3-5-12-27(25)21-31/h2-22,34H,1H3,(H,37,38,39). The van der Waals surface area contributed by atoms with E-state index in [4.69, 9.17) is 15.0 Å². The number of benzene rings is 5. The van der Waals surface area contributed by atoms with E-state index in [-0.39, 0.29) is 6.17 Å². The van der Waals surface area contributed by atoms with Crippen molar-refractivity contribution in [1.29, 1.82) is 0 Å². The molecule has 1 aliphatic heterocycles. The van der Waals surface area contributed by atoms with Gasteiger partial charge in [0.15, 0.2) is 6.17 Å². The fourth-order valence-electron chi connectivity index (χ4n) is 5.13. The lowest BCUT2D eigenvalue weighted by Gasteiger charge is -2.23. The molecule has 0 spiro atoms. The normalized spacial score (nSPS) is 15.1. The van der Waals surface area contributed by atoms with E-state index in [9.17, 15) is 0 Å². The van der Waals surface area contributed by atoms with Gasteiger partial charge < -0.3 is 5.32 Å². The second-order valence-electron chi connectivity index (χ2n) is 9.87. The summed E-state index contributed by atoms with van der Waals surface area (Å²) in [5, 5.41) is 8.33. The SMILES string of the molecule is Cc1cccc(-c2cccc(C3=NC(c4ccc5ccccc5c4)N=C(c4ccc5ccccc5c4)N3)c2)n1. The lowest BCUT2D eigenvalue weighted by Crippen LogP contribution is -2.36. The minimum absolute atomic E-state index is 0.368. The number of fused-ring (bicyclic) bond motifs is 2. The molecule has 0 bridgehead atoms. The van der Waals surface area contributed by atoms with E-state index in [1.54, 1.807) is 0 Å². The summed E-state index contributed by atoms with van der Waals surface area (Å²) in [7, 11) is 0. The number of nitrogens with zero attached hydrogens (tertiary/aromatic N) is 3. The highest BCUT2D eigenvalue weighted by Gasteiger charge is 2.21. The number of aliphatic imine (C=N–C) groups is 2. The van der Waals surface area contributed by atoms with E-state index in [0.717, 1.165) is 45.3 Å². The zero-order chi connectivity index (χ0) is 26.2. The van der Waals surface area contributed by atoms with Crippen LogP contribution in [0.3, 0.4) is 0 Å². The van der Waals surface area contributed by atoms with Gasteiger partial charge >= 0.3 is 0 Å². The molecule has 0 amide bonds. The summed E-state index contributed by atoms with van der Waals surface area (Å²) in [6.45, 7) is 2.01. The van der Waals surface area contributed by atoms with Crippen LogP contribution in [0.25, 0.3) is 32.8 Å². The van der Waals surface area contributed by atoms with Gasteiger partial charge in [-0.2, -0.15) is 0 Å². The van der Waals surface area contributed by atoms with E-state index in [2.05, 4.69) is 115 Å². The Labute approximate surface area is 227 Å². The van der Waals surface area contributed by atoms with Crippen molar-refractivity contribution in [2.75, 3.05) is 0 Å². The first-order valence-electron chi connectivity index (χ1n) is 13.1. The molecular weight excluding hydrogens is 476 g/mol. The van der Waals surface area contributed by atoms with Gasteiger partial charge in [0.25, 0.3) is 0 Å². The van der Waals surface area contributed by atoms with Crippen molar-refractivity contribution in [2.24, 2.45) is 9.98 Å². The van der Waals surface area contributed by atoms with Gasteiger partial charge in [-0.3, -0.25) is 4.98 Å². The maximum absolute atomic E-state index is 5.12. The van der Waals surface area contributed by atoms with Gasteiger partial charge in [-0.15, -0.1) is 0 Å². The number of pyridine rings is 1. The van der Waals surface area contributed by atoms with Gasteiger partial charge in [0.1, 0.15) is 11.7 Å². The first-order chi connectivity index (χ1) is 19.2. The zero-order valence-electron chi connectivity index (χ0n) is 21.5. The van der Waals surface area contributed by atoms with Crippen LogP contribution in [0.5, 0.6) is 0 Å². The molecular formula is C35H26N4. The summed E-state index contributed by atoms with van der Waals surface area (Å²) in [6.07, 6.45) is -0.368. The summed E-state index contributed by atoms with van der Waals surface area (Å²) < 4.78 is 0. The van der Waals surface area contributed by atoms with Gasteiger partial charge in [0.2, 0.25) is 0 Å². The van der Waals surface area contributed by atoms with Gasteiger partial charge in [-0.1, -0.05) is 97.1 Å². The third-order valence-corrected chi connectivity index (χ3v) is 7.15. The Morgan fingerprint density at radius 1 is 0.513 bits per heavy atom. The Bertz CT molecular complexity index is 1920. The van der Waals surface area contributed by atoms with Crippen molar-refractivity contribution in [3.05, 3.63) is 150 Å². The summed E-state index contributed by atoms with van der Waals surface area (Å²) in [6, 6.07) is 44.2.